The summed E-state index contributed by atoms with van der Waals surface area (Å²) in [7, 11) is 0. The van der Waals surface area contributed by atoms with E-state index >= 15 is 0 Å². The van der Waals surface area contributed by atoms with Gasteiger partial charge in [0.2, 0.25) is 0 Å². The maximum absolute atomic E-state index is 14.2. The van der Waals surface area contributed by atoms with Crippen molar-refractivity contribution in [1.82, 2.24) is 0 Å². The van der Waals surface area contributed by atoms with Crippen molar-refractivity contribution in [2.45, 2.75) is 115 Å². The van der Waals surface area contributed by atoms with Gasteiger partial charge in [-0.1, -0.05) is 56.8 Å². The molecule has 0 aromatic heterocycles. The Morgan fingerprint density at radius 1 is 0.649 bits per heavy atom. The first-order chi connectivity index (χ1) is 26.6. The van der Waals surface area contributed by atoms with Gasteiger partial charge in [-0.3, -0.25) is 19.2 Å². The number of aliphatic hydroxyl groups excluding tert-OH is 1. The molecule has 5 rings (SSSR count). The van der Waals surface area contributed by atoms with Crippen molar-refractivity contribution < 1.29 is 72.5 Å². The van der Waals surface area contributed by atoms with E-state index in [2.05, 4.69) is 6.58 Å². The average Bonchev–Trinajstić information content (AvgIpc) is 3.37. The number of benzene rings is 2. The molecule has 57 heavy (non-hydrogen) atoms. The quantitative estimate of drug-likeness (QED) is 0.189. The zero-order valence-corrected chi connectivity index (χ0v) is 33.1. The van der Waals surface area contributed by atoms with Gasteiger partial charge >= 0.3 is 35.8 Å². The SMILES string of the molecule is C=C(C)[C@@]1(OC(=O)c2ccccc2)[C@H](OC(C)=O)[C@@H]2[C@H](OC(C)=O)[C@@](C)(OC(=O)c3ccccc3)[C@@H](OC(C)=O)[C@@]3(O)[C@@H](C[C@H](C)[C@@H]3OC(C)=O)[C@@]2(O)[C@H](C)[C@@H]1O. The maximum atomic E-state index is 14.2. The second-order valence-electron chi connectivity index (χ2n) is 15.6. The van der Waals surface area contributed by atoms with Crippen molar-refractivity contribution in [2.75, 3.05) is 0 Å². The Labute approximate surface area is 330 Å². The topological polar surface area (TPSA) is 218 Å². The Morgan fingerprint density at radius 2 is 1.09 bits per heavy atom. The highest BCUT2D eigenvalue weighted by molar-refractivity contribution is 5.90. The van der Waals surface area contributed by atoms with Crippen LogP contribution >= 0.6 is 0 Å². The molecule has 13 atom stereocenters. The van der Waals surface area contributed by atoms with E-state index in [1.165, 1.54) is 45.0 Å². The second-order valence-corrected chi connectivity index (χ2v) is 15.6. The van der Waals surface area contributed by atoms with Crippen LogP contribution in [0.5, 0.6) is 0 Å². The molecule has 0 saturated heterocycles. The number of carbonyl (C=O) groups is 6. The Kier molecular flexibility index (Phi) is 11.8. The number of hydrogen-bond acceptors (Lipinski definition) is 15. The van der Waals surface area contributed by atoms with Crippen LogP contribution in [0, 0.1) is 23.7 Å². The van der Waals surface area contributed by atoms with Crippen LogP contribution in [0.3, 0.4) is 0 Å². The van der Waals surface area contributed by atoms with Gasteiger partial charge in [0.15, 0.2) is 29.5 Å². The molecule has 3 aliphatic carbocycles. The lowest BCUT2D eigenvalue weighted by atomic mass is 9.52. The van der Waals surface area contributed by atoms with Crippen LogP contribution in [-0.2, 0) is 47.6 Å². The molecule has 0 bridgehead atoms. The van der Waals surface area contributed by atoms with Gasteiger partial charge in [0, 0.05) is 39.5 Å². The number of ether oxygens (including phenoxy) is 6. The van der Waals surface area contributed by atoms with E-state index in [4.69, 9.17) is 28.4 Å². The summed E-state index contributed by atoms with van der Waals surface area (Å²) in [6.45, 7) is 13.7. The summed E-state index contributed by atoms with van der Waals surface area (Å²) in [5.74, 6) is -11.8. The lowest BCUT2D eigenvalue weighted by Gasteiger charge is -2.61. The lowest BCUT2D eigenvalue weighted by molar-refractivity contribution is -0.300. The van der Waals surface area contributed by atoms with Crippen LogP contribution in [0.15, 0.2) is 72.8 Å². The smallest absolute Gasteiger partial charge is 0.339 e. The van der Waals surface area contributed by atoms with Gasteiger partial charge in [-0.15, -0.1) is 0 Å². The third kappa shape index (κ3) is 7.10. The zero-order chi connectivity index (χ0) is 42.4. The van der Waals surface area contributed by atoms with Gasteiger partial charge in [0.1, 0.15) is 17.8 Å². The highest BCUT2D eigenvalue weighted by Gasteiger charge is 2.83. The second kappa shape index (κ2) is 15.7. The Balaban J connectivity index is 1.94. The van der Waals surface area contributed by atoms with Gasteiger partial charge in [-0.25, -0.2) is 9.59 Å². The summed E-state index contributed by atoms with van der Waals surface area (Å²) in [5.41, 5.74) is -10.4. The molecule has 0 aliphatic heterocycles. The zero-order valence-electron chi connectivity index (χ0n) is 33.1. The van der Waals surface area contributed by atoms with Crippen molar-refractivity contribution in [2.24, 2.45) is 23.7 Å². The maximum Gasteiger partial charge on any atom is 0.339 e. The summed E-state index contributed by atoms with van der Waals surface area (Å²) >= 11 is 0. The average molecular weight is 795 g/mol. The summed E-state index contributed by atoms with van der Waals surface area (Å²) in [5, 5.41) is 39.7. The summed E-state index contributed by atoms with van der Waals surface area (Å²) in [4.78, 5) is 80.8. The Hall–Kier alpha value is -5.12. The first-order valence-corrected chi connectivity index (χ1v) is 18.6. The molecular weight excluding hydrogens is 744 g/mol. The number of esters is 6. The molecule has 308 valence electrons. The molecule has 2 aromatic carbocycles. The molecule has 0 amide bonds. The van der Waals surface area contributed by atoms with Crippen LogP contribution in [0.25, 0.3) is 0 Å². The number of rotatable bonds is 9. The summed E-state index contributed by atoms with van der Waals surface area (Å²) in [6, 6.07) is 15.2. The van der Waals surface area contributed by atoms with E-state index in [1.54, 1.807) is 43.3 Å². The number of fused-ring (bicyclic) bond motifs is 3. The lowest BCUT2D eigenvalue weighted by Crippen LogP contribution is -2.77. The highest BCUT2D eigenvalue weighted by Crippen LogP contribution is 2.65. The molecule has 3 N–H and O–H groups in total. The van der Waals surface area contributed by atoms with Crippen LogP contribution in [0.1, 0.15) is 82.5 Å². The molecule has 0 spiro atoms. The predicted molar refractivity (Wildman–Crippen MR) is 198 cm³/mol. The third-order valence-electron chi connectivity index (χ3n) is 11.9. The largest absolute Gasteiger partial charge is 0.459 e. The van der Waals surface area contributed by atoms with E-state index in [0.717, 1.165) is 27.7 Å². The molecule has 15 heteroatoms. The van der Waals surface area contributed by atoms with Crippen molar-refractivity contribution in [3.63, 3.8) is 0 Å². The van der Waals surface area contributed by atoms with Crippen molar-refractivity contribution in [1.29, 1.82) is 0 Å². The van der Waals surface area contributed by atoms with Gasteiger partial charge in [-0.05, 0) is 56.0 Å². The first kappa shape index (κ1) is 43.0. The van der Waals surface area contributed by atoms with Gasteiger partial charge in [-0.2, -0.15) is 0 Å². The van der Waals surface area contributed by atoms with Crippen molar-refractivity contribution >= 4 is 35.8 Å². The Bertz CT molecular complexity index is 1920. The molecule has 3 aliphatic rings. The van der Waals surface area contributed by atoms with Gasteiger partial charge in [0.25, 0.3) is 0 Å². The summed E-state index contributed by atoms with van der Waals surface area (Å²) in [6.07, 6.45) is -9.97. The molecule has 3 saturated carbocycles. The third-order valence-corrected chi connectivity index (χ3v) is 11.9. The fraction of sp³-hybridized carbons (Fsp3) is 0.524. The van der Waals surface area contributed by atoms with Crippen molar-refractivity contribution in [3.8, 4) is 0 Å². The monoisotopic (exact) mass is 794 g/mol. The molecule has 0 heterocycles. The minimum absolute atomic E-state index is 0.0255. The van der Waals surface area contributed by atoms with Crippen LogP contribution in [0.2, 0.25) is 0 Å². The minimum atomic E-state index is -2.69. The van der Waals surface area contributed by atoms with Crippen molar-refractivity contribution in [3.05, 3.63) is 83.9 Å². The standard InChI is InChI=1S/C42H50O15/c1-21(2)42(57-37(49)29-18-14-11-15-19-29)32(47)23(4)40(50)30-20-22(3)33(52-24(5)43)41(30,51)38(55-27(8)46)39(9,56-36(48)28-16-12-10-13-17-28)34(53-25(6)44)31(40)35(42)54-26(7)45/h10-19,22-23,30-35,38,47,50-51H,1,20H2,2-9H3/t22-,23+,30-,31-,32-,33-,34-,35+,38+,39+,40-,41+,42-/m0/s1. The minimum Gasteiger partial charge on any atom is -0.459 e. The van der Waals surface area contributed by atoms with Crippen LogP contribution in [-0.4, -0.2) is 104 Å². The predicted octanol–water partition coefficient (Wildman–Crippen LogP) is 3.26. The highest BCUT2D eigenvalue weighted by atomic mass is 16.6. The summed E-state index contributed by atoms with van der Waals surface area (Å²) < 4.78 is 36.2. The van der Waals surface area contributed by atoms with E-state index in [1.807, 2.05) is 0 Å². The molecule has 2 aromatic rings. The molecule has 0 radical (unpaired) electrons. The number of carbonyl (C=O) groups excluding carboxylic acids is 6. The normalized spacial score (nSPS) is 36.9. The number of hydrogen-bond donors (Lipinski definition) is 3. The van der Waals surface area contributed by atoms with E-state index in [-0.39, 0.29) is 23.1 Å². The first-order valence-electron chi connectivity index (χ1n) is 18.6. The van der Waals surface area contributed by atoms with Crippen LogP contribution < -0.4 is 0 Å². The Morgan fingerprint density at radius 3 is 1.54 bits per heavy atom. The molecule has 3 fully saturated rings. The molecular formula is C42H50O15. The van der Waals surface area contributed by atoms with Gasteiger partial charge < -0.3 is 43.7 Å². The number of aliphatic hydroxyl groups is 3. The van der Waals surface area contributed by atoms with Crippen LogP contribution in [0.4, 0.5) is 0 Å². The fourth-order valence-corrected chi connectivity index (χ4v) is 9.66. The van der Waals surface area contributed by atoms with E-state index in [9.17, 15) is 44.1 Å². The van der Waals surface area contributed by atoms with E-state index in [0.29, 0.717) is 0 Å². The molecule has 15 nitrogen and oxygen atoms in total. The fourth-order valence-electron chi connectivity index (χ4n) is 9.66. The molecule has 0 unspecified atom stereocenters. The van der Waals surface area contributed by atoms with Gasteiger partial charge in [0.05, 0.1) is 22.6 Å². The van der Waals surface area contributed by atoms with E-state index < -0.39 is 112 Å².